The van der Waals surface area contributed by atoms with E-state index in [1.807, 2.05) is 6.07 Å². The molecule has 1 saturated heterocycles. The van der Waals surface area contributed by atoms with Crippen LogP contribution in [0.1, 0.15) is 24.4 Å². The lowest BCUT2D eigenvalue weighted by Gasteiger charge is -2.38. The summed E-state index contributed by atoms with van der Waals surface area (Å²) in [6.45, 7) is 1.63. The maximum absolute atomic E-state index is 9.55. The van der Waals surface area contributed by atoms with Gasteiger partial charge in [-0.3, -0.25) is 4.90 Å². The molecule has 0 bridgehead atoms. The summed E-state index contributed by atoms with van der Waals surface area (Å²) < 4.78 is 10.8. The highest BCUT2D eigenvalue weighted by molar-refractivity contribution is 5.45. The number of likely N-dealkylation sites (tertiary alicyclic amines) is 1. The molecule has 0 unspecified atom stereocenters. The lowest BCUT2D eigenvalue weighted by Crippen LogP contribution is -2.37. The second-order valence-electron chi connectivity index (χ2n) is 5.12. The second-order valence-corrected chi connectivity index (χ2v) is 5.12. The number of benzene rings is 1. The Bertz CT molecular complexity index is 435. The van der Waals surface area contributed by atoms with Crippen LogP contribution in [0.25, 0.3) is 0 Å². The number of rotatable bonds is 2. The Labute approximate surface area is 107 Å². The quantitative estimate of drug-likeness (QED) is 0.867. The molecule has 1 N–H and O–H groups in total. The molecule has 2 aliphatic rings. The molecule has 1 aromatic rings. The fourth-order valence-electron chi connectivity index (χ4n) is 3.07. The normalized spacial score (nSPS) is 27.4. The van der Waals surface area contributed by atoms with E-state index in [1.54, 1.807) is 0 Å². The number of nitrogens with zero attached hydrogens (tertiary/aromatic N) is 1. The van der Waals surface area contributed by atoms with Crippen molar-refractivity contribution in [2.24, 2.45) is 5.92 Å². The SMILES string of the molecule is CN1CCC[C@H](CO)[C@@H]1c1ccc2c(c1)OCO2. The van der Waals surface area contributed by atoms with E-state index >= 15 is 0 Å². The highest BCUT2D eigenvalue weighted by atomic mass is 16.7. The van der Waals surface area contributed by atoms with Crippen molar-refractivity contribution >= 4 is 0 Å². The predicted octanol–water partition coefficient (Wildman–Crippen LogP) is 1.79. The van der Waals surface area contributed by atoms with Crippen molar-refractivity contribution in [3.63, 3.8) is 0 Å². The number of aliphatic hydroxyl groups excluding tert-OH is 1. The van der Waals surface area contributed by atoms with Gasteiger partial charge in [-0.1, -0.05) is 6.07 Å². The molecule has 1 aromatic carbocycles. The van der Waals surface area contributed by atoms with E-state index in [4.69, 9.17) is 9.47 Å². The summed E-state index contributed by atoms with van der Waals surface area (Å²) in [6, 6.07) is 6.38. The summed E-state index contributed by atoms with van der Waals surface area (Å²) in [4.78, 5) is 2.32. The molecule has 0 aromatic heterocycles. The molecule has 98 valence electrons. The van der Waals surface area contributed by atoms with Gasteiger partial charge in [-0.05, 0) is 44.1 Å². The number of hydrogen-bond acceptors (Lipinski definition) is 4. The molecule has 3 rings (SSSR count). The predicted molar refractivity (Wildman–Crippen MR) is 67.7 cm³/mol. The van der Waals surface area contributed by atoms with Crippen molar-refractivity contribution in [1.29, 1.82) is 0 Å². The third kappa shape index (κ3) is 1.95. The highest BCUT2D eigenvalue weighted by Crippen LogP contribution is 2.40. The molecular weight excluding hydrogens is 230 g/mol. The van der Waals surface area contributed by atoms with E-state index in [0.29, 0.717) is 12.7 Å². The maximum Gasteiger partial charge on any atom is 0.231 e. The number of piperidine rings is 1. The average Bonchev–Trinajstić information content (AvgIpc) is 2.85. The monoisotopic (exact) mass is 249 g/mol. The van der Waals surface area contributed by atoms with E-state index in [1.165, 1.54) is 5.56 Å². The fraction of sp³-hybridized carbons (Fsp3) is 0.571. The molecule has 0 amide bonds. The van der Waals surface area contributed by atoms with Gasteiger partial charge in [0.25, 0.3) is 0 Å². The zero-order chi connectivity index (χ0) is 12.5. The van der Waals surface area contributed by atoms with Crippen LogP contribution in [0.15, 0.2) is 18.2 Å². The van der Waals surface area contributed by atoms with E-state index < -0.39 is 0 Å². The second kappa shape index (κ2) is 4.78. The molecule has 4 heteroatoms. The number of hydrogen-bond donors (Lipinski definition) is 1. The van der Waals surface area contributed by atoms with Crippen molar-refractivity contribution in [1.82, 2.24) is 4.90 Å². The van der Waals surface area contributed by atoms with Crippen molar-refractivity contribution in [3.05, 3.63) is 23.8 Å². The Morgan fingerprint density at radius 2 is 2.17 bits per heavy atom. The molecule has 0 aliphatic carbocycles. The first-order valence-electron chi connectivity index (χ1n) is 6.50. The summed E-state index contributed by atoms with van der Waals surface area (Å²) in [7, 11) is 2.12. The molecule has 4 nitrogen and oxygen atoms in total. The topological polar surface area (TPSA) is 41.9 Å². The van der Waals surface area contributed by atoms with Crippen molar-refractivity contribution < 1.29 is 14.6 Å². The summed E-state index contributed by atoms with van der Waals surface area (Å²) in [6.07, 6.45) is 2.24. The molecule has 2 aliphatic heterocycles. The number of aliphatic hydroxyl groups is 1. The lowest BCUT2D eigenvalue weighted by molar-refractivity contribution is 0.0741. The van der Waals surface area contributed by atoms with Crippen LogP contribution in [0.2, 0.25) is 0 Å². The number of ether oxygens (including phenoxy) is 2. The summed E-state index contributed by atoms with van der Waals surface area (Å²) in [5, 5.41) is 9.55. The Morgan fingerprint density at radius 1 is 1.33 bits per heavy atom. The minimum Gasteiger partial charge on any atom is -0.454 e. The van der Waals surface area contributed by atoms with E-state index in [0.717, 1.165) is 30.9 Å². The fourth-order valence-corrected chi connectivity index (χ4v) is 3.07. The van der Waals surface area contributed by atoms with Gasteiger partial charge in [0.15, 0.2) is 11.5 Å². The van der Waals surface area contributed by atoms with Crippen LogP contribution in [0.5, 0.6) is 11.5 Å². The van der Waals surface area contributed by atoms with Crippen molar-refractivity contribution in [2.45, 2.75) is 18.9 Å². The third-order valence-electron chi connectivity index (χ3n) is 3.98. The van der Waals surface area contributed by atoms with E-state index in [2.05, 4.69) is 24.1 Å². The molecule has 0 spiro atoms. The van der Waals surface area contributed by atoms with Gasteiger partial charge in [-0.2, -0.15) is 0 Å². The molecule has 2 atom stereocenters. The number of fused-ring (bicyclic) bond motifs is 1. The molecule has 0 radical (unpaired) electrons. The van der Waals surface area contributed by atoms with Crippen molar-refractivity contribution in [3.8, 4) is 11.5 Å². The van der Waals surface area contributed by atoms with Crippen LogP contribution in [-0.4, -0.2) is 37.0 Å². The lowest BCUT2D eigenvalue weighted by atomic mass is 9.85. The van der Waals surface area contributed by atoms with Crippen molar-refractivity contribution in [2.75, 3.05) is 27.0 Å². The first-order chi connectivity index (χ1) is 8.79. The standard InChI is InChI=1S/C14H19NO3/c1-15-6-2-3-11(8-16)14(15)10-4-5-12-13(7-10)18-9-17-12/h4-5,7,11,14,16H,2-3,6,8-9H2,1H3/t11-,14+/m1/s1. The Hall–Kier alpha value is -1.26. The summed E-state index contributed by atoms with van der Waals surface area (Å²) in [5.74, 6) is 1.95. The van der Waals surface area contributed by atoms with E-state index in [9.17, 15) is 5.11 Å². The van der Waals surface area contributed by atoms with Gasteiger partial charge >= 0.3 is 0 Å². The van der Waals surface area contributed by atoms with E-state index in [-0.39, 0.29) is 12.6 Å². The van der Waals surface area contributed by atoms with Crippen LogP contribution >= 0.6 is 0 Å². The third-order valence-corrected chi connectivity index (χ3v) is 3.98. The largest absolute Gasteiger partial charge is 0.454 e. The minimum atomic E-state index is 0.240. The Morgan fingerprint density at radius 3 is 3.00 bits per heavy atom. The van der Waals surface area contributed by atoms with Gasteiger partial charge in [-0.15, -0.1) is 0 Å². The Balaban J connectivity index is 1.91. The van der Waals surface area contributed by atoms with Gasteiger partial charge in [-0.25, -0.2) is 0 Å². The smallest absolute Gasteiger partial charge is 0.231 e. The average molecular weight is 249 g/mol. The molecular formula is C14H19NO3. The van der Waals surface area contributed by atoms with Gasteiger partial charge in [0, 0.05) is 18.6 Å². The summed E-state index contributed by atoms with van der Waals surface area (Å²) >= 11 is 0. The van der Waals surface area contributed by atoms with Crippen LogP contribution in [0.3, 0.4) is 0 Å². The first kappa shape index (κ1) is 11.8. The Kier molecular flexibility index (Phi) is 3.14. The first-order valence-corrected chi connectivity index (χ1v) is 6.50. The maximum atomic E-state index is 9.55. The van der Waals surface area contributed by atoms with Crippen LogP contribution in [-0.2, 0) is 0 Å². The van der Waals surface area contributed by atoms with Crippen LogP contribution < -0.4 is 9.47 Å². The molecule has 0 saturated carbocycles. The van der Waals surface area contributed by atoms with Gasteiger partial charge < -0.3 is 14.6 Å². The molecule has 18 heavy (non-hydrogen) atoms. The van der Waals surface area contributed by atoms with Gasteiger partial charge in [0.2, 0.25) is 6.79 Å². The summed E-state index contributed by atoms with van der Waals surface area (Å²) in [5.41, 5.74) is 1.21. The zero-order valence-corrected chi connectivity index (χ0v) is 10.6. The zero-order valence-electron chi connectivity index (χ0n) is 10.6. The molecule has 2 heterocycles. The highest BCUT2D eigenvalue weighted by Gasteiger charge is 2.31. The van der Waals surface area contributed by atoms with Gasteiger partial charge in [0.1, 0.15) is 0 Å². The minimum absolute atomic E-state index is 0.240. The van der Waals surface area contributed by atoms with Gasteiger partial charge in [0.05, 0.1) is 0 Å². The van der Waals surface area contributed by atoms with Crippen LogP contribution in [0, 0.1) is 5.92 Å². The molecule has 1 fully saturated rings. The van der Waals surface area contributed by atoms with Crippen LogP contribution in [0.4, 0.5) is 0 Å².